The Bertz CT molecular complexity index is 597. The molecule has 102 valence electrons. The molecule has 0 radical (unpaired) electrons. The molecule has 0 spiro atoms. The molecule has 1 atom stereocenters. The molecule has 0 N–H and O–H groups in total. The van der Waals surface area contributed by atoms with Gasteiger partial charge < -0.3 is 0 Å². The monoisotopic (exact) mass is 331 g/mol. The van der Waals surface area contributed by atoms with Crippen molar-refractivity contribution in [3.8, 4) is 0 Å². The van der Waals surface area contributed by atoms with E-state index >= 15 is 0 Å². The van der Waals surface area contributed by atoms with Crippen molar-refractivity contribution in [3.63, 3.8) is 0 Å². The van der Waals surface area contributed by atoms with Crippen LogP contribution in [0, 0.1) is 0 Å². The minimum atomic E-state index is -0.152. The van der Waals surface area contributed by atoms with E-state index in [1.54, 1.807) is 0 Å². The third kappa shape index (κ3) is 3.12. The molecule has 1 heterocycles. The molecule has 2 aromatic carbocycles. The number of ether oxygens (including phenoxy) is 1. The molecule has 0 saturated heterocycles. The van der Waals surface area contributed by atoms with Crippen molar-refractivity contribution in [2.24, 2.45) is 4.99 Å². The van der Waals surface area contributed by atoms with Gasteiger partial charge in [0.25, 0.3) is 0 Å². The number of nitrogens with zero attached hydrogens (tertiary/aromatic N) is 1. The Balaban J connectivity index is 1.62. The van der Waals surface area contributed by atoms with Crippen LogP contribution in [0.25, 0.3) is 0 Å². The third-order valence-electron chi connectivity index (χ3n) is 3.21. The van der Waals surface area contributed by atoms with Crippen LogP contribution in [0.5, 0.6) is 0 Å². The van der Waals surface area contributed by atoms with Crippen LogP contribution in [-0.2, 0) is 4.74 Å². The SMILES string of the molecule is CC1(C[Se]c2ccccc2)CN=C(c2ccccc2)O1. The molecule has 1 aliphatic heterocycles. The zero-order valence-electron chi connectivity index (χ0n) is 11.5. The molecular weight excluding hydrogens is 313 g/mol. The number of benzene rings is 2. The summed E-state index contributed by atoms with van der Waals surface area (Å²) in [5, 5.41) is 1.05. The molecule has 0 amide bonds. The molecule has 3 rings (SSSR count). The summed E-state index contributed by atoms with van der Waals surface area (Å²) in [6.45, 7) is 2.92. The van der Waals surface area contributed by atoms with Crippen LogP contribution in [0.2, 0.25) is 5.32 Å². The number of hydrogen-bond donors (Lipinski definition) is 0. The molecule has 2 nitrogen and oxygen atoms in total. The fourth-order valence-corrected chi connectivity index (χ4v) is 4.13. The van der Waals surface area contributed by atoms with E-state index in [1.165, 1.54) is 4.46 Å². The Labute approximate surface area is 126 Å². The Kier molecular flexibility index (Phi) is 3.90. The Morgan fingerprint density at radius 3 is 2.40 bits per heavy atom. The fraction of sp³-hybridized carbons (Fsp3) is 0.235. The molecule has 2 aromatic rings. The zero-order valence-corrected chi connectivity index (χ0v) is 13.2. The molecule has 0 fully saturated rings. The normalized spacial score (nSPS) is 21.4. The predicted octanol–water partition coefficient (Wildman–Crippen LogP) is 2.67. The van der Waals surface area contributed by atoms with Gasteiger partial charge in [0.15, 0.2) is 0 Å². The van der Waals surface area contributed by atoms with E-state index in [0.29, 0.717) is 15.0 Å². The van der Waals surface area contributed by atoms with E-state index in [4.69, 9.17) is 4.74 Å². The van der Waals surface area contributed by atoms with Gasteiger partial charge in [-0.1, -0.05) is 0 Å². The van der Waals surface area contributed by atoms with Crippen molar-refractivity contribution >= 4 is 25.3 Å². The first-order valence-corrected chi connectivity index (χ1v) is 8.79. The van der Waals surface area contributed by atoms with Gasteiger partial charge in [0, 0.05) is 0 Å². The van der Waals surface area contributed by atoms with E-state index < -0.39 is 0 Å². The second kappa shape index (κ2) is 5.82. The van der Waals surface area contributed by atoms with Crippen LogP contribution in [0.3, 0.4) is 0 Å². The molecule has 0 bridgehead atoms. The summed E-state index contributed by atoms with van der Waals surface area (Å²) in [5.41, 5.74) is 0.921. The fourth-order valence-electron chi connectivity index (χ4n) is 2.10. The van der Waals surface area contributed by atoms with E-state index in [2.05, 4.69) is 42.2 Å². The van der Waals surface area contributed by atoms with Gasteiger partial charge in [0.1, 0.15) is 0 Å². The van der Waals surface area contributed by atoms with E-state index in [-0.39, 0.29) is 5.60 Å². The predicted molar refractivity (Wildman–Crippen MR) is 84.0 cm³/mol. The molecule has 0 aromatic heterocycles. The topological polar surface area (TPSA) is 21.6 Å². The average molecular weight is 330 g/mol. The summed E-state index contributed by atoms with van der Waals surface area (Å²) >= 11 is 0.428. The van der Waals surface area contributed by atoms with Gasteiger partial charge in [0.05, 0.1) is 0 Å². The van der Waals surface area contributed by atoms with Crippen molar-refractivity contribution < 1.29 is 4.74 Å². The van der Waals surface area contributed by atoms with Crippen molar-refractivity contribution in [2.75, 3.05) is 6.54 Å². The molecule has 3 heteroatoms. The van der Waals surface area contributed by atoms with Crippen molar-refractivity contribution in [1.29, 1.82) is 0 Å². The van der Waals surface area contributed by atoms with E-state index in [0.717, 1.165) is 23.3 Å². The second-order valence-corrected chi connectivity index (χ2v) is 7.34. The maximum absolute atomic E-state index is 6.12. The maximum atomic E-state index is 6.12. The van der Waals surface area contributed by atoms with Crippen molar-refractivity contribution in [1.82, 2.24) is 0 Å². The van der Waals surface area contributed by atoms with Crippen LogP contribution in [0.1, 0.15) is 12.5 Å². The van der Waals surface area contributed by atoms with Gasteiger partial charge in [-0.05, 0) is 0 Å². The Hall–Kier alpha value is -1.57. The van der Waals surface area contributed by atoms with Gasteiger partial charge in [0.2, 0.25) is 0 Å². The summed E-state index contributed by atoms with van der Waals surface area (Å²) in [6.07, 6.45) is 0. The van der Waals surface area contributed by atoms with Gasteiger partial charge in [-0.3, -0.25) is 0 Å². The van der Waals surface area contributed by atoms with Crippen molar-refractivity contribution in [3.05, 3.63) is 66.2 Å². The van der Waals surface area contributed by atoms with Crippen LogP contribution in [-0.4, -0.2) is 33.0 Å². The molecule has 1 aliphatic rings. The molecule has 20 heavy (non-hydrogen) atoms. The van der Waals surface area contributed by atoms with Crippen LogP contribution >= 0.6 is 0 Å². The van der Waals surface area contributed by atoms with Gasteiger partial charge in [-0.2, -0.15) is 0 Å². The molecule has 0 aliphatic carbocycles. The zero-order chi connectivity index (χ0) is 13.8. The average Bonchev–Trinajstić information content (AvgIpc) is 2.90. The number of rotatable bonds is 4. The van der Waals surface area contributed by atoms with Crippen LogP contribution in [0.4, 0.5) is 0 Å². The summed E-state index contributed by atoms with van der Waals surface area (Å²) in [5.74, 6) is 0.789. The molecular formula is C17H17NOSe. The summed E-state index contributed by atoms with van der Waals surface area (Å²) in [4.78, 5) is 4.58. The van der Waals surface area contributed by atoms with Gasteiger partial charge in [-0.15, -0.1) is 0 Å². The quantitative estimate of drug-likeness (QED) is 0.790. The standard InChI is InChI=1S/C17H17NOSe/c1-17(13-20-15-10-6-3-7-11-15)12-18-16(19-17)14-8-4-2-5-9-14/h2-11H,12-13H2,1H3. The first-order valence-electron chi connectivity index (χ1n) is 6.72. The van der Waals surface area contributed by atoms with E-state index in [9.17, 15) is 0 Å². The molecule has 0 saturated carbocycles. The van der Waals surface area contributed by atoms with E-state index in [1.807, 2.05) is 30.3 Å². The summed E-state index contributed by atoms with van der Waals surface area (Å²) < 4.78 is 7.54. The van der Waals surface area contributed by atoms with Crippen molar-refractivity contribution in [2.45, 2.75) is 17.8 Å². The second-order valence-electron chi connectivity index (χ2n) is 5.14. The summed E-state index contributed by atoms with van der Waals surface area (Å²) in [6, 6.07) is 20.8. The van der Waals surface area contributed by atoms with Crippen LogP contribution < -0.4 is 4.46 Å². The van der Waals surface area contributed by atoms with Crippen LogP contribution in [0.15, 0.2) is 65.7 Å². The minimum absolute atomic E-state index is 0.152. The van der Waals surface area contributed by atoms with Gasteiger partial charge in [-0.25, -0.2) is 0 Å². The van der Waals surface area contributed by atoms with Gasteiger partial charge >= 0.3 is 126 Å². The first-order chi connectivity index (χ1) is 9.75. The Morgan fingerprint density at radius 2 is 1.70 bits per heavy atom. The number of aliphatic imine (C=N–C) groups is 1. The summed E-state index contributed by atoms with van der Waals surface area (Å²) in [7, 11) is 0. The third-order valence-corrected chi connectivity index (χ3v) is 6.06. The molecule has 1 unspecified atom stereocenters. The number of hydrogen-bond acceptors (Lipinski definition) is 2. The Morgan fingerprint density at radius 1 is 1.05 bits per heavy atom. The first kappa shape index (κ1) is 13.4.